The van der Waals surface area contributed by atoms with Gasteiger partial charge in [0.05, 0.1) is 19.8 Å². The first-order valence-electron chi connectivity index (χ1n) is 9.40. The van der Waals surface area contributed by atoms with E-state index in [1.807, 2.05) is 6.07 Å². The minimum atomic E-state index is -4.23. The van der Waals surface area contributed by atoms with E-state index in [0.29, 0.717) is 25.4 Å². The van der Waals surface area contributed by atoms with Crippen LogP contribution in [0.1, 0.15) is 30.9 Å². The van der Waals surface area contributed by atoms with Crippen molar-refractivity contribution in [2.45, 2.75) is 45.1 Å². The lowest BCUT2D eigenvalue weighted by atomic mass is 10.1. The Hall–Kier alpha value is -1.64. The Kier molecular flexibility index (Phi) is 6.39. The topological polar surface area (TPSA) is 44.8 Å². The fourth-order valence-corrected chi connectivity index (χ4v) is 3.70. The number of hydrogen-bond donors (Lipinski definition) is 1. The molecule has 1 fully saturated rings. The highest BCUT2D eigenvalue weighted by Crippen LogP contribution is 2.31. The molecule has 0 aromatic heterocycles. The number of alkyl halides is 3. The third-order valence-corrected chi connectivity index (χ3v) is 5.05. The number of nitrogens with one attached hydrogen (secondary N) is 1. The van der Waals surface area contributed by atoms with Gasteiger partial charge >= 0.3 is 6.18 Å². The molecular weight excluding hydrogens is 359 g/mol. The van der Waals surface area contributed by atoms with Gasteiger partial charge in [0.1, 0.15) is 6.04 Å². The fraction of sp³-hybridized carbons (Fsp3) is 0.632. The minimum Gasteiger partial charge on any atom is -0.378 e. The van der Waals surface area contributed by atoms with Crippen LogP contribution in [0, 0.1) is 0 Å². The molecule has 2 aliphatic heterocycles. The van der Waals surface area contributed by atoms with Crippen LogP contribution in [0.15, 0.2) is 18.2 Å². The molecule has 0 saturated carbocycles. The molecule has 1 unspecified atom stereocenters. The van der Waals surface area contributed by atoms with Crippen LogP contribution in [-0.2, 0) is 22.6 Å². The zero-order valence-electron chi connectivity index (χ0n) is 15.5. The Labute approximate surface area is 157 Å². The Bertz CT molecular complexity index is 666. The zero-order valence-corrected chi connectivity index (χ0v) is 15.5. The van der Waals surface area contributed by atoms with Gasteiger partial charge in [-0.05, 0) is 30.2 Å². The molecule has 1 N–H and O–H groups in total. The lowest BCUT2D eigenvalue weighted by Gasteiger charge is -2.34. The number of benzene rings is 1. The van der Waals surface area contributed by atoms with Crippen molar-refractivity contribution in [3.63, 3.8) is 0 Å². The Morgan fingerprint density at radius 1 is 1.33 bits per heavy atom. The van der Waals surface area contributed by atoms with Gasteiger partial charge in [-0.1, -0.05) is 25.5 Å². The van der Waals surface area contributed by atoms with Crippen LogP contribution < -0.4 is 5.32 Å². The Morgan fingerprint density at radius 3 is 2.89 bits per heavy atom. The number of carbonyl (C=O) groups excluding carboxylic acids is 1. The van der Waals surface area contributed by atoms with Crippen LogP contribution >= 0.6 is 0 Å². The SMILES string of the molecule is CCCCN1CCOCC1C(=O)Nc1cccc2c1CN(CC(F)(F)F)C2. The lowest BCUT2D eigenvalue weighted by molar-refractivity contribution is -0.147. The van der Waals surface area contributed by atoms with Gasteiger partial charge in [0.2, 0.25) is 5.91 Å². The van der Waals surface area contributed by atoms with Gasteiger partial charge in [0.25, 0.3) is 0 Å². The normalized spacial score (nSPS) is 21.3. The fourth-order valence-electron chi connectivity index (χ4n) is 3.70. The van der Waals surface area contributed by atoms with Crippen LogP contribution in [0.5, 0.6) is 0 Å². The molecule has 27 heavy (non-hydrogen) atoms. The largest absolute Gasteiger partial charge is 0.401 e. The zero-order chi connectivity index (χ0) is 19.4. The second-order valence-electron chi connectivity index (χ2n) is 7.17. The third kappa shape index (κ3) is 5.21. The van der Waals surface area contributed by atoms with Crippen LogP contribution in [0.3, 0.4) is 0 Å². The van der Waals surface area contributed by atoms with Crippen molar-refractivity contribution < 1.29 is 22.7 Å². The number of fused-ring (bicyclic) bond motifs is 1. The molecule has 5 nitrogen and oxygen atoms in total. The summed E-state index contributed by atoms with van der Waals surface area (Å²) < 4.78 is 43.6. The maximum Gasteiger partial charge on any atom is 0.401 e. The number of nitrogens with zero attached hydrogens (tertiary/aromatic N) is 2. The molecule has 3 rings (SSSR count). The average Bonchev–Trinajstić information content (AvgIpc) is 3.01. The number of unbranched alkanes of at least 4 members (excludes halogenated alkanes) is 1. The number of rotatable bonds is 6. The highest BCUT2D eigenvalue weighted by molar-refractivity contribution is 5.95. The molecule has 2 aliphatic rings. The number of morpholine rings is 1. The molecule has 8 heteroatoms. The van der Waals surface area contributed by atoms with Crippen LogP contribution in [-0.4, -0.2) is 60.8 Å². The Morgan fingerprint density at radius 2 is 2.15 bits per heavy atom. The molecule has 1 aromatic rings. The molecule has 0 spiro atoms. The highest BCUT2D eigenvalue weighted by atomic mass is 19.4. The molecule has 0 aliphatic carbocycles. The van der Waals surface area contributed by atoms with Crippen LogP contribution in [0.25, 0.3) is 0 Å². The maximum atomic E-state index is 12.8. The first-order valence-corrected chi connectivity index (χ1v) is 9.40. The van der Waals surface area contributed by atoms with E-state index in [0.717, 1.165) is 30.5 Å². The molecule has 1 saturated heterocycles. The second-order valence-corrected chi connectivity index (χ2v) is 7.17. The van der Waals surface area contributed by atoms with Gasteiger partial charge in [-0.3, -0.25) is 14.6 Å². The van der Waals surface area contributed by atoms with E-state index in [2.05, 4.69) is 17.1 Å². The van der Waals surface area contributed by atoms with Gasteiger partial charge < -0.3 is 10.1 Å². The molecule has 1 atom stereocenters. The minimum absolute atomic E-state index is 0.159. The summed E-state index contributed by atoms with van der Waals surface area (Å²) in [5, 5.41) is 2.93. The summed E-state index contributed by atoms with van der Waals surface area (Å²) in [6.07, 6.45) is -2.17. The van der Waals surface area contributed by atoms with Gasteiger partial charge in [-0.25, -0.2) is 0 Å². The monoisotopic (exact) mass is 385 g/mol. The van der Waals surface area contributed by atoms with Crippen molar-refractivity contribution in [3.8, 4) is 0 Å². The van der Waals surface area contributed by atoms with Crippen molar-refractivity contribution in [2.75, 3.05) is 38.2 Å². The summed E-state index contributed by atoms with van der Waals surface area (Å²) in [7, 11) is 0. The summed E-state index contributed by atoms with van der Waals surface area (Å²) in [4.78, 5) is 16.3. The van der Waals surface area contributed by atoms with E-state index in [1.54, 1.807) is 12.1 Å². The quantitative estimate of drug-likeness (QED) is 0.818. The first kappa shape index (κ1) is 20.1. The summed E-state index contributed by atoms with van der Waals surface area (Å²) >= 11 is 0. The van der Waals surface area contributed by atoms with E-state index in [-0.39, 0.29) is 25.0 Å². The van der Waals surface area contributed by atoms with Crippen molar-refractivity contribution in [2.24, 2.45) is 0 Å². The Balaban J connectivity index is 1.68. The number of hydrogen-bond acceptors (Lipinski definition) is 4. The van der Waals surface area contributed by atoms with Crippen LogP contribution in [0.4, 0.5) is 18.9 Å². The van der Waals surface area contributed by atoms with E-state index in [9.17, 15) is 18.0 Å². The second kappa shape index (κ2) is 8.58. The molecule has 0 radical (unpaired) electrons. The maximum absolute atomic E-state index is 12.8. The summed E-state index contributed by atoms with van der Waals surface area (Å²) in [6.45, 7) is 4.09. The predicted octanol–water partition coefficient (Wildman–Crippen LogP) is 3.00. The highest BCUT2D eigenvalue weighted by Gasteiger charge is 2.35. The number of ether oxygens (including phenoxy) is 1. The van der Waals surface area contributed by atoms with Gasteiger partial charge in [-0.2, -0.15) is 13.2 Å². The standard InChI is InChI=1S/C19H26F3N3O2/c1-2-3-7-25-8-9-27-12-17(25)18(26)23-16-6-4-5-14-10-24(11-15(14)16)13-19(20,21)22/h4-6,17H,2-3,7-13H2,1H3,(H,23,26). The number of carbonyl (C=O) groups is 1. The smallest absolute Gasteiger partial charge is 0.378 e. The lowest BCUT2D eigenvalue weighted by Crippen LogP contribution is -2.52. The van der Waals surface area contributed by atoms with Gasteiger partial charge in [-0.15, -0.1) is 0 Å². The summed E-state index contributed by atoms with van der Waals surface area (Å²) in [5.74, 6) is -0.159. The van der Waals surface area contributed by atoms with Crippen molar-refractivity contribution >= 4 is 11.6 Å². The third-order valence-electron chi connectivity index (χ3n) is 5.05. The number of amides is 1. The summed E-state index contributed by atoms with van der Waals surface area (Å²) in [6, 6.07) is 4.98. The predicted molar refractivity (Wildman–Crippen MR) is 96.3 cm³/mol. The first-order chi connectivity index (χ1) is 12.9. The molecule has 2 heterocycles. The van der Waals surface area contributed by atoms with Crippen molar-refractivity contribution in [1.29, 1.82) is 0 Å². The van der Waals surface area contributed by atoms with E-state index < -0.39 is 12.7 Å². The summed E-state index contributed by atoms with van der Waals surface area (Å²) in [5.41, 5.74) is 2.20. The average molecular weight is 385 g/mol. The van der Waals surface area contributed by atoms with E-state index in [4.69, 9.17) is 4.74 Å². The van der Waals surface area contributed by atoms with Crippen LogP contribution in [0.2, 0.25) is 0 Å². The molecule has 150 valence electrons. The van der Waals surface area contributed by atoms with Gasteiger partial charge in [0.15, 0.2) is 0 Å². The molecular formula is C19H26F3N3O2. The van der Waals surface area contributed by atoms with Crippen molar-refractivity contribution in [1.82, 2.24) is 9.80 Å². The number of anilines is 1. The molecule has 1 aromatic carbocycles. The van der Waals surface area contributed by atoms with E-state index in [1.165, 1.54) is 4.90 Å². The van der Waals surface area contributed by atoms with Gasteiger partial charge in [0, 0.05) is 25.3 Å². The number of halogens is 3. The van der Waals surface area contributed by atoms with Crippen molar-refractivity contribution in [3.05, 3.63) is 29.3 Å². The molecule has 0 bridgehead atoms. The van der Waals surface area contributed by atoms with E-state index >= 15 is 0 Å². The molecule has 1 amide bonds.